The van der Waals surface area contributed by atoms with Crippen LogP contribution in [0.25, 0.3) is 16.8 Å². The van der Waals surface area contributed by atoms with Gasteiger partial charge in [0.1, 0.15) is 11.7 Å². The SMILES string of the molecule is CC(C)=Nc1ccc(-c2ccn3nc(NC4CCN(C5(C(C)C)COC5)CC4F)nc(N)c23)nc1C. The van der Waals surface area contributed by atoms with Crippen LogP contribution in [-0.2, 0) is 4.74 Å². The van der Waals surface area contributed by atoms with Gasteiger partial charge in [-0.15, -0.1) is 5.10 Å². The van der Waals surface area contributed by atoms with Crippen molar-refractivity contribution in [2.45, 2.75) is 58.8 Å². The fourth-order valence-corrected chi connectivity index (χ4v) is 5.21. The third kappa shape index (κ3) is 4.32. The summed E-state index contributed by atoms with van der Waals surface area (Å²) >= 11 is 0. The van der Waals surface area contributed by atoms with Gasteiger partial charge in [-0.05, 0) is 51.3 Å². The molecule has 3 aromatic rings. The summed E-state index contributed by atoms with van der Waals surface area (Å²) in [7, 11) is 0. The number of nitrogens with two attached hydrogens (primary N) is 1. The monoisotopic (exact) mass is 494 g/mol. The summed E-state index contributed by atoms with van der Waals surface area (Å²) in [6, 6.07) is 5.42. The molecule has 0 amide bonds. The highest BCUT2D eigenvalue weighted by atomic mass is 19.1. The molecular formula is C26H35FN8O. The first-order valence-corrected chi connectivity index (χ1v) is 12.6. The van der Waals surface area contributed by atoms with E-state index in [1.54, 1.807) is 4.52 Å². The molecule has 5 heterocycles. The summed E-state index contributed by atoms with van der Waals surface area (Å²) < 4.78 is 22.5. The predicted octanol–water partition coefficient (Wildman–Crippen LogP) is 4.04. The van der Waals surface area contributed by atoms with E-state index in [1.807, 2.05) is 45.2 Å². The molecule has 36 heavy (non-hydrogen) atoms. The smallest absolute Gasteiger partial charge is 0.243 e. The van der Waals surface area contributed by atoms with Gasteiger partial charge in [0.15, 0.2) is 5.82 Å². The molecule has 2 fully saturated rings. The third-order valence-corrected chi connectivity index (χ3v) is 7.48. The molecule has 0 bridgehead atoms. The van der Waals surface area contributed by atoms with Crippen LogP contribution in [0.1, 0.15) is 39.8 Å². The standard InChI is InChI=1S/C26H35FN8O/c1-15(2)26(13-36-14-26)34-10-9-22(19(27)12-34)31-25-32-24(28)23-18(8-11-35(23)33-25)21-7-6-20(17(5)30-21)29-16(3)4/h6-8,11,15,19,22H,9-10,12-14H2,1-5H3,(H3,28,31,32,33). The molecule has 3 N–H and O–H groups in total. The van der Waals surface area contributed by atoms with Crippen LogP contribution in [-0.4, -0.2) is 74.2 Å². The minimum Gasteiger partial charge on any atom is -0.382 e. The molecule has 192 valence electrons. The van der Waals surface area contributed by atoms with Gasteiger partial charge in [-0.1, -0.05) is 13.8 Å². The second-order valence-electron chi connectivity index (χ2n) is 10.5. The Morgan fingerprint density at radius 1 is 1.25 bits per heavy atom. The Kier molecular flexibility index (Phi) is 6.42. The predicted molar refractivity (Wildman–Crippen MR) is 141 cm³/mol. The number of rotatable bonds is 6. The molecule has 0 radical (unpaired) electrons. The Morgan fingerprint density at radius 3 is 2.64 bits per heavy atom. The van der Waals surface area contributed by atoms with Crippen molar-refractivity contribution in [2.24, 2.45) is 10.9 Å². The zero-order valence-electron chi connectivity index (χ0n) is 21.6. The first-order valence-electron chi connectivity index (χ1n) is 12.6. The lowest BCUT2D eigenvalue weighted by Crippen LogP contribution is -2.68. The Bertz CT molecular complexity index is 1290. The van der Waals surface area contributed by atoms with Gasteiger partial charge in [0.05, 0.1) is 41.9 Å². The number of anilines is 2. The maximum absolute atomic E-state index is 15.3. The van der Waals surface area contributed by atoms with Crippen LogP contribution in [0.4, 0.5) is 21.8 Å². The summed E-state index contributed by atoms with van der Waals surface area (Å²) in [5, 5.41) is 7.78. The topological polar surface area (TPSA) is 106 Å². The highest BCUT2D eigenvalue weighted by molar-refractivity contribution is 5.87. The number of nitrogens with one attached hydrogen (secondary N) is 1. The first-order chi connectivity index (χ1) is 17.2. The number of ether oxygens (including phenoxy) is 1. The number of nitrogen functional groups attached to an aromatic ring is 1. The highest BCUT2D eigenvalue weighted by Crippen LogP contribution is 2.36. The Balaban J connectivity index is 1.34. The van der Waals surface area contributed by atoms with E-state index < -0.39 is 6.17 Å². The summed E-state index contributed by atoms with van der Waals surface area (Å²) in [4.78, 5) is 16.0. The molecule has 2 saturated heterocycles. The normalized spacial score (nSPS) is 22.0. The van der Waals surface area contributed by atoms with Crippen molar-refractivity contribution in [3.05, 3.63) is 30.1 Å². The zero-order valence-corrected chi connectivity index (χ0v) is 21.6. The van der Waals surface area contributed by atoms with Crippen LogP contribution < -0.4 is 11.1 Å². The largest absolute Gasteiger partial charge is 0.382 e. The van der Waals surface area contributed by atoms with Gasteiger partial charge < -0.3 is 15.8 Å². The summed E-state index contributed by atoms with van der Waals surface area (Å²) in [5.41, 5.74) is 11.2. The number of piperidine rings is 1. The van der Waals surface area contributed by atoms with Crippen molar-refractivity contribution >= 4 is 28.7 Å². The number of fused-ring (bicyclic) bond motifs is 1. The van der Waals surface area contributed by atoms with Crippen LogP contribution in [0, 0.1) is 12.8 Å². The van der Waals surface area contributed by atoms with Gasteiger partial charge in [0.25, 0.3) is 0 Å². The highest BCUT2D eigenvalue weighted by Gasteiger charge is 2.49. The Hall–Kier alpha value is -3.11. The lowest BCUT2D eigenvalue weighted by molar-refractivity contribution is -0.173. The molecule has 2 atom stereocenters. The second kappa shape index (κ2) is 9.40. The molecule has 9 nitrogen and oxygen atoms in total. The third-order valence-electron chi connectivity index (χ3n) is 7.48. The lowest BCUT2D eigenvalue weighted by Gasteiger charge is -2.55. The molecule has 3 aromatic heterocycles. The van der Waals surface area contributed by atoms with Crippen LogP contribution in [0.5, 0.6) is 0 Å². The average molecular weight is 495 g/mol. The van der Waals surface area contributed by atoms with Gasteiger partial charge in [-0.3, -0.25) is 14.9 Å². The van der Waals surface area contributed by atoms with Crippen molar-refractivity contribution < 1.29 is 9.13 Å². The molecule has 2 aliphatic heterocycles. The maximum atomic E-state index is 15.3. The van der Waals surface area contributed by atoms with E-state index in [4.69, 9.17) is 15.5 Å². The number of aromatic nitrogens is 4. The zero-order chi connectivity index (χ0) is 25.6. The number of likely N-dealkylation sites (tertiary alicyclic amines) is 1. The summed E-state index contributed by atoms with van der Waals surface area (Å²) in [6.07, 6.45) is 1.44. The van der Waals surface area contributed by atoms with Crippen LogP contribution in [0.3, 0.4) is 0 Å². The number of hydrogen-bond donors (Lipinski definition) is 2. The van der Waals surface area contributed by atoms with E-state index in [9.17, 15) is 0 Å². The quantitative estimate of drug-likeness (QED) is 0.498. The van der Waals surface area contributed by atoms with Gasteiger partial charge in [-0.25, -0.2) is 8.91 Å². The number of hydrogen-bond acceptors (Lipinski definition) is 8. The van der Waals surface area contributed by atoms with Crippen LogP contribution in [0.15, 0.2) is 29.4 Å². The van der Waals surface area contributed by atoms with Crippen molar-refractivity contribution in [2.75, 3.05) is 37.4 Å². The van der Waals surface area contributed by atoms with Crippen molar-refractivity contribution in [1.29, 1.82) is 0 Å². The Labute approximate surface area is 211 Å². The molecule has 0 spiro atoms. The van der Waals surface area contributed by atoms with Crippen molar-refractivity contribution in [3.63, 3.8) is 0 Å². The molecule has 5 rings (SSSR count). The van der Waals surface area contributed by atoms with E-state index in [1.165, 1.54) is 0 Å². The van der Waals surface area contributed by atoms with E-state index in [2.05, 4.69) is 39.1 Å². The first kappa shape index (κ1) is 24.6. The van der Waals surface area contributed by atoms with Gasteiger partial charge in [-0.2, -0.15) is 4.98 Å². The second-order valence-corrected chi connectivity index (χ2v) is 10.5. The van der Waals surface area contributed by atoms with Crippen LogP contribution >= 0.6 is 0 Å². The number of aliphatic imine (C=N–C) groups is 1. The number of halogens is 1. The van der Waals surface area contributed by atoms with Gasteiger partial charge in [0, 0.05) is 30.6 Å². The lowest BCUT2D eigenvalue weighted by atomic mass is 9.81. The average Bonchev–Trinajstić information content (AvgIpc) is 3.20. The van der Waals surface area contributed by atoms with Crippen LogP contribution in [0.2, 0.25) is 0 Å². The molecule has 0 aromatic carbocycles. The maximum Gasteiger partial charge on any atom is 0.243 e. The number of alkyl halides is 1. The molecular weight excluding hydrogens is 459 g/mol. The fourth-order valence-electron chi connectivity index (χ4n) is 5.21. The van der Waals surface area contributed by atoms with Crippen molar-refractivity contribution in [1.82, 2.24) is 24.5 Å². The summed E-state index contributed by atoms with van der Waals surface area (Å²) in [6.45, 7) is 12.7. The molecule has 2 unspecified atom stereocenters. The summed E-state index contributed by atoms with van der Waals surface area (Å²) in [5.74, 6) is 1.05. The fraction of sp³-hybridized carbons (Fsp3) is 0.538. The van der Waals surface area contributed by atoms with E-state index in [0.717, 1.165) is 34.9 Å². The molecule has 0 aliphatic carbocycles. The Morgan fingerprint density at radius 2 is 2.03 bits per heavy atom. The van der Waals surface area contributed by atoms with Gasteiger partial charge >= 0.3 is 0 Å². The van der Waals surface area contributed by atoms with E-state index in [-0.39, 0.29) is 11.6 Å². The molecule has 10 heteroatoms. The number of pyridine rings is 1. The van der Waals surface area contributed by atoms with E-state index >= 15 is 4.39 Å². The minimum absolute atomic E-state index is 0.0526. The number of nitrogens with zero attached hydrogens (tertiary/aromatic N) is 6. The van der Waals surface area contributed by atoms with Crippen molar-refractivity contribution in [3.8, 4) is 11.3 Å². The molecule has 0 saturated carbocycles. The molecule has 2 aliphatic rings. The van der Waals surface area contributed by atoms with E-state index in [0.29, 0.717) is 49.4 Å². The van der Waals surface area contributed by atoms with Gasteiger partial charge in [0.2, 0.25) is 5.95 Å². The number of aryl methyl sites for hydroxylation is 1. The minimum atomic E-state index is -1.05.